The standard InChI is InChI=1S/C16H16N2O3/c1-16(2,19)10-17-14-6-4-3-5-12(14)13-9-11(18(20)21)7-8-15(13)17/h3-9,19H,10H2,1-2H3. The number of aromatic nitrogens is 1. The van der Waals surface area contributed by atoms with Crippen LogP contribution in [0.1, 0.15) is 13.8 Å². The predicted octanol–water partition coefficient (Wildman–Crippen LogP) is 3.47. The summed E-state index contributed by atoms with van der Waals surface area (Å²) in [5.74, 6) is 0. The molecule has 0 fully saturated rings. The molecule has 0 radical (unpaired) electrons. The number of fused-ring (bicyclic) bond motifs is 3. The molecule has 0 saturated carbocycles. The SMILES string of the molecule is CC(C)(O)Cn1c2ccccc2c2cc([N+](=O)[O-])ccc21. The minimum atomic E-state index is -0.865. The molecule has 5 heteroatoms. The third-order valence-corrected chi connectivity index (χ3v) is 3.51. The lowest BCUT2D eigenvalue weighted by molar-refractivity contribution is -0.384. The lowest BCUT2D eigenvalue weighted by Gasteiger charge is -2.19. The van der Waals surface area contributed by atoms with Crippen LogP contribution in [-0.2, 0) is 6.54 Å². The molecule has 0 unspecified atom stereocenters. The molecule has 0 amide bonds. The first kappa shape index (κ1) is 13.6. The number of nitrogens with zero attached hydrogens (tertiary/aromatic N) is 2. The fourth-order valence-corrected chi connectivity index (χ4v) is 2.71. The summed E-state index contributed by atoms with van der Waals surface area (Å²) in [6, 6.07) is 12.6. The third kappa shape index (κ3) is 2.36. The van der Waals surface area contributed by atoms with Gasteiger partial charge in [-0.1, -0.05) is 18.2 Å². The number of hydrogen-bond acceptors (Lipinski definition) is 3. The summed E-state index contributed by atoms with van der Waals surface area (Å²) in [5, 5.41) is 22.9. The Hall–Kier alpha value is -2.40. The van der Waals surface area contributed by atoms with Crippen molar-refractivity contribution >= 4 is 27.5 Å². The van der Waals surface area contributed by atoms with Gasteiger partial charge in [-0.2, -0.15) is 0 Å². The minimum absolute atomic E-state index is 0.0775. The smallest absolute Gasteiger partial charge is 0.270 e. The van der Waals surface area contributed by atoms with E-state index in [1.165, 1.54) is 6.07 Å². The Morgan fingerprint density at radius 1 is 1.14 bits per heavy atom. The molecule has 0 bridgehead atoms. The van der Waals surface area contributed by atoms with Gasteiger partial charge in [0.1, 0.15) is 0 Å². The normalized spacial score (nSPS) is 12.1. The van der Waals surface area contributed by atoms with Gasteiger partial charge in [0.05, 0.1) is 17.1 Å². The van der Waals surface area contributed by atoms with Gasteiger partial charge in [0.2, 0.25) is 0 Å². The highest BCUT2D eigenvalue weighted by molar-refractivity contribution is 6.08. The summed E-state index contributed by atoms with van der Waals surface area (Å²) in [6.45, 7) is 3.92. The molecule has 3 aromatic rings. The first-order valence-electron chi connectivity index (χ1n) is 6.74. The van der Waals surface area contributed by atoms with E-state index < -0.39 is 5.60 Å². The summed E-state index contributed by atoms with van der Waals surface area (Å²) >= 11 is 0. The molecule has 0 spiro atoms. The highest BCUT2D eigenvalue weighted by atomic mass is 16.6. The molecule has 0 aliphatic carbocycles. The van der Waals surface area contributed by atoms with E-state index in [1.54, 1.807) is 26.0 Å². The molecule has 0 saturated heterocycles. The number of nitro benzene ring substituents is 1. The molecular weight excluding hydrogens is 268 g/mol. The highest BCUT2D eigenvalue weighted by Crippen LogP contribution is 2.32. The Kier molecular flexibility index (Phi) is 2.95. The van der Waals surface area contributed by atoms with Crippen molar-refractivity contribution in [3.05, 3.63) is 52.6 Å². The van der Waals surface area contributed by atoms with Gasteiger partial charge in [-0.05, 0) is 26.0 Å². The lowest BCUT2D eigenvalue weighted by atomic mass is 10.1. The second-order valence-corrected chi connectivity index (χ2v) is 5.87. The van der Waals surface area contributed by atoms with Crippen LogP contribution in [0.3, 0.4) is 0 Å². The molecule has 108 valence electrons. The van der Waals surface area contributed by atoms with Crippen LogP contribution in [0.2, 0.25) is 0 Å². The van der Waals surface area contributed by atoms with Gasteiger partial charge in [-0.3, -0.25) is 10.1 Å². The maximum absolute atomic E-state index is 11.0. The number of non-ortho nitro benzene ring substituents is 1. The molecule has 3 rings (SSSR count). The number of nitro groups is 1. The van der Waals surface area contributed by atoms with Gasteiger partial charge in [-0.25, -0.2) is 0 Å². The zero-order chi connectivity index (χ0) is 15.2. The summed E-state index contributed by atoms with van der Waals surface area (Å²) in [7, 11) is 0. The van der Waals surface area contributed by atoms with Crippen molar-refractivity contribution in [3.8, 4) is 0 Å². The van der Waals surface area contributed by atoms with Crippen molar-refractivity contribution in [1.82, 2.24) is 4.57 Å². The number of rotatable bonds is 3. The van der Waals surface area contributed by atoms with Crippen molar-refractivity contribution in [2.24, 2.45) is 0 Å². The van der Waals surface area contributed by atoms with Gasteiger partial charge in [0.15, 0.2) is 0 Å². The average molecular weight is 284 g/mol. The van der Waals surface area contributed by atoms with E-state index in [9.17, 15) is 15.2 Å². The Bertz CT molecular complexity index is 844. The highest BCUT2D eigenvalue weighted by Gasteiger charge is 2.19. The van der Waals surface area contributed by atoms with E-state index in [1.807, 2.05) is 28.8 Å². The Morgan fingerprint density at radius 2 is 1.81 bits per heavy atom. The molecule has 5 nitrogen and oxygen atoms in total. The van der Waals surface area contributed by atoms with Crippen LogP contribution in [0.25, 0.3) is 21.8 Å². The van der Waals surface area contributed by atoms with E-state index in [-0.39, 0.29) is 10.6 Å². The fraction of sp³-hybridized carbons (Fsp3) is 0.250. The molecule has 2 aromatic carbocycles. The van der Waals surface area contributed by atoms with Crippen LogP contribution >= 0.6 is 0 Å². The van der Waals surface area contributed by atoms with Gasteiger partial charge in [-0.15, -0.1) is 0 Å². The molecule has 1 aromatic heterocycles. The van der Waals surface area contributed by atoms with E-state index in [0.717, 1.165) is 21.8 Å². The largest absolute Gasteiger partial charge is 0.389 e. The second kappa shape index (κ2) is 4.56. The van der Waals surface area contributed by atoms with Gasteiger partial charge in [0.25, 0.3) is 5.69 Å². The van der Waals surface area contributed by atoms with Crippen molar-refractivity contribution < 1.29 is 10.0 Å². The van der Waals surface area contributed by atoms with Crippen molar-refractivity contribution in [2.45, 2.75) is 26.0 Å². The maximum Gasteiger partial charge on any atom is 0.270 e. The first-order valence-corrected chi connectivity index (χ1v) is 6.74. The Morgan fingerprint density at radius 3 is 2.48 bits per heavy atom. The summed E-state index contributed by atoms with van der Waals surface area (Å²) in [4.78, 5) is 10.6. The van der Waals surface area contributed by atoms with Gasteiger partial charge < -0.3 is 9.67 Å². The summed E-state index contributed by atoms with van der Waals surface area (Å²) < 4.78 is 2.01. The van der Waals surface area contributed by atoms with Crippen molar-refractivity contribution in [1.29, 1.82) is 0 Å². The van der Waals surface area contributed by atoms with Crippen LogP contribution in [0, 0.1) is 10.1 Å². The van der Waals surface area contributed by atoms with E-state index in [0.29, 0.717) is 6.54 Å². The Labute approximate surface area is 121 Å². The predicted molar refractivity (Wildman–Crippen MR) is 82.4 cm³/mol. The van der Waals surface area contributed by atoms with Crippen LogP contribution in [0.4, 0.5) is 5.69 Å². The summed E-state index contributed by atoms with van der Waals surface area (Å²) in [6.07, 6.45) is 0. The van der Waals surface area contributed by atoms with E-state index in [2.05, 4.69) is 0 Å². The quantitative estimate of drug-likeness (QED) is 0.591. The topological polar surface area (TPSA) is 68.3 Å². The third-order valence-electron chi connectivity index (χ3n) is 3.51. The second-order valence-electron chi connectivity index (χ2n) is 5.87. The minimum Gasteiger partial charge on any atom is -0.389 e. The molecule has 0 aliphatic rings. The fourth-order valence-electron chi connectivity index (χ4n) is 2.71. The zero-order valence-corrected chi connectivity index (χ0v) is 11.9. The van der Waals surface area contributed by atoms with Crippen molar-refractivity contribution in [2.75, 3.05) is 0 Å². The van der Waals surface area contributed by atoms with Gasteiger partial charge in [0, 0.05) is 33.9 Å². The molecule has 0 atom stereocenters. The molecule has 1 heterocycles. The van der Waals surface area contributed by atoms with Gasteiger partial charge >= 0.3 is 0 Å². The summed E-state index contributed by atoms with van der Waals surface area (Å²) in [5.41, 5.74) is 1.07. The maximum atomic E-state index is 11.0. The molecule has 0 aliphatic heterocycles. The van der Waals surface area contributed by atoms with Crippen LogP contribution < -0.4 is 0 Å². The molecule has 1 N–H and O–H groups in total. The Balaban J connectivity index is 2.36. The van der Waals surface area contributed by atoms with Crippen molar-refractivity contribution in [3.63, 3.8) is 0 Å². The number of benzene rings is 2. The van der Waals surface area contributed by atoms with E-state index >= 15 is 0 Å². The lowest BCUT2D eigenvalue weighted by Crippen LogP contribution is -2.25. The number of para-hydroxylation sites is 1. The van der Waals surface area contributed by atoms with Crippen LogP contribution in [0.5, 0.6) is 0 Å². The molecular formula is C16H16N2O3. The van der Waals surface area contributed by atoms with E-state index in [4.69, 9.17) is 0 Å². The monoisotopic (exact) mass is 284 g/mol. The first-order chi connectivity index (χ1) is 9.87. The van der Waals surface area contributed by atoms with Crippen LogP contribution in [0.15, 0.2) is 42.5 Å². The zero-order valence-electron chi connectivity index (χ0n) is 11.9. The molecule has 21 heavy (non-hydrogen) atoms. The number of aliphatic hydroxyl groups is 1. The number of hydrogen-bond donors (Lipinski definition) is 1. The average Bonchev–Trinajstić information content (AvgIpc) is 2.71. The van der Waals surface area contributed by atoms with Crippen LogP contribution in [-0.4, -0.2) is 20.2 Å².